The molecule has 1 atom stereocenters. The third kappa shape index (κ3) is 5.68. The Hall–Kier alpha value is -3.12. The van der Waals surface area contributed by atoms with Crippen LogP contribution in [-0.4, -0.2) is 47.6 Å². The number of nitrogens with zero attached hydrogens (tertiary/aromatic N) is 1. The topological polar surface area (TPSA) is 76.1 Å². The number of ketones is 1. The van der Waals surface area contributed by atoms with Crippen LogP contribution >= 0.6 is 0 Å². The lowest BCUT2D eigenvalue weighted by Gasteiger charge is -2.26. The largest absolute Gasteiger partial charge is 0.507 e. The Kier molecular flexibility index (Phi) is 8.51. The molecule has 2 aromatic rings. The molecule has 0 saturated carbocycles. The molecule has 1 fully saturated rings. The molecule has 1 saturated heterocycles. The molecule has 0 aliphatic carbocycles. The Morgan fingerprint density at radius 3 is 2.35 bits per heavy atom. The first-order valence-corrected chi connectivity index (χ1v) is 12.0. The van der Waals surface area contributed by atoms with Gasteiger partial charge in [0.05, 0.1) is 30.9 Å². The molecule has 1 unspecified atom stereocenters. The number of carbonyl (C=O) groups excluding carboxylic acids is 2. The molecule has 34 heavy (non-hydrogen) atoms. The number of likely N-dealkylation sites (tertiary alicyclic amines) is 1. The van der Waals surface area contributed by atoms with Gasteiger partial charge in [-0.05, 0) is 49.4 Å². The van der Waals surface area contributed by atoms with Crippen molar-refractivity contribution >= 4 is 17.4 Å². The first kappa shape index (κ1) is 25.5. The van der Waals surface area contributed by atoms with Crippen molar-refractivity contribution in [2.75, 3.05) is 19.8 Å². The van der Waals surface area contributed by atoms with E-state index in [-0.39, 0.29) is 24.0 Å². The maximum absolute atomic E-state index is 13.2. The minimum absolute atomic E-state index is 0.00598. The Morgan fingerprint density at radius 2 is 1.74 bits per heavy atom. The number of ether oxygens (including phenoxy) is 2. The molecule has 182 valence electrons. The highest BCUT2D eigenvalue weighted by Gasteiger charge is 2.45. The monoisotopic (exact) mass is 465 g/mol. The van der Waals surface area contributed by atoms with Crippen molar-refractivity contribution in [3.05, 3.63) is 70.8 Å². The number of aliphatic hydroxyl groups excluding tert-OH is 1. The lowest BCUT2D eigenvalue weighted by molar-refractivity contribution is -0.140. The second-order valence-electron chi connectivity index (χ2n) is 9.11. The molecule has 0 spiro atoms. The number of benzene rings is 2. The molecule has 1 N–H and O–H groups in total. The van der Waals surface area contributed by atoms with E-state index >= 15 is 0 Å². The first-order chi connectivity index (χ1) is 16.2. The van der Waals surface area contributed by atoms with Crippen LogP contribution in [0.3, 0.4) is 0 Å². The van der Waals surface area contributed by atoms with Crippen molar-refractivity contribution in [3.63, 3.8) is 0 Å². The lowest BCUT2D eigenvalue weighted by Crippen LogP contribution is -2.33. The van der Waals surface area contributed by atoms with Crippen LogP contribution in [-0.2, 0) is 14.3 Å². The van der Waals surface area contributed by atoms with Gasteiger partial charge in [0.25, 0.3) is 11.7 Å². The van der Waals surface area contributed by atoms with Gasteiger partial charge in [-0.3, -0.25) is 9.59 Å². The fraction of sp³-hybridized carbons (Fsp3) is 0.429. The van der Waals surface area contributed by atoms with Crippen LogP contribution in [0, 0.1) is 0 Å². The molecular formula is C28H35NO5. The van der Waals surface area contributed by atoms with E-state index in [2.05, 4.69) is 13.8 Å². The molecule has 1 amide bonds. The van der Waals surface area contributed by atoms with Gasteiger partial charge >= 0.3 is 0 Å². The van der Waals surface area contributed by atoms with E-state index in [1.165, 1.54) is 4.90 Å². The normalized spacial score (nSPS) is 17.7. The third-order valence-corrected chi connectivity index (χ3v) is 5.82. The SMILES string of the molecule is CCCOc1cccc(/C(O)=C2/C(=O)C(=O)N(CCOC(C)C)C2c2ccc(C(C)C)cc2)c1. The summed E-state index contributed by atoms with van der Waals surface area (Å²) in [5.41, 5.74) is 2.45. The smallest absolute Gasteiger partial charge is 0.295 e. The molecule has 2 aromatic carbocycles. The number of amides is 1. The number of hydrogen-bond donors (Lipinski definition) is 1. The highest BCUT2D eigenvalue weighted by Crippen LogP contribution is 2.40. The predicted molar refractivity (Wildman–Crippen MR) is 133 cm³/mol. The Morgan fingerprint density at radius 1 is 1.03 bits per heavy atom. The fourth-order valence-electron chi connectivity index (χ4n) is 4.02. The van der Waals surface area contributed by atoms with Gasteiger partial charge < -0.3 is 19.5 Å². The molecule has 0 radical (unpaired) electrons. The molecule has 0 aromatic heterocycles. The van der Waals surface area contributed by atoms with Gasteiger partial charge in [0.15, 0.2) is 0 Å². The van der Waals surface area contributed by atoms with Gasteiger partial charge in [-0.25, -0.2) is 0 Å². The summed E-state index contributed by atoms with van der Waals surface area (Å²) in [6.07, 6.45) is 0.859. The Bertz CT molecular complexity index is 1040. The predicted octanol–water partition coefficient (Wildman–Crippen LogP) is 5.45. The van der Waals surface area contributed by atoms with Crippen LogP contribution in [0.15, 0.2) is 54.1 Å². The third-order valence-electron chi connectivity index (χ3n) is 5.82. The summed E-state index contributed by atoms with van der Waals surface area (Å²) >= 11 is 0. The van der Waals surface area contributed by atoms with Gasteiger partial charge in [-0.15, -0.1) is 0 Å². The van der Waals surface area contributed by atoms with Gasteiger partial charge in [-0.2, -0.15) is 0 Å². The van der Waals surface area contributed by atoms with Crippen LogP contribution in [0.2, 0.25) is 0 Å². The van der Waals surface area contributed by atoms with E-state index in [4.69, 9.17) is 9.47 Å². The van der Waals surface area contributed by atoms with Crippen molar-refractivity contribution in [2.24, 2.45) is 0 Å². The van der Waals surface area contributed by atoms with E-state index in [0.29, 0.717) is 30.4 Å². The number of Topliss-reactive ketones (excluding diaryl/α,β-unsaturated/α-hetero) is 1. The summed E-state index contributed by atoms with van der Waals surface area (Å²) in [6, 6.07) is 14.1. The van der Waals surface area contributed by atoms with Crippen LogP contribution in [0.5, 0.6) is 5.75 Å². The number of hydrogen-bond acceptors (Lipinski definition) is 5. The van der Waals surface area contributed by atoms with Gasteiger partial charge in [-0.1, -0.05) is 57.2 Å². The number of aliphatic hydroxyl groups is 1. The standard InChI is InChI=1S/C28H35NO5/c1-6-15-34-23-9-7-8-22(17-23)26(30)24-25(21-12-10-20(11-13-21)18(2)3)29(28(32)27(24)31)14-16-33-19(4)5/h7-13,17-19,25,30H,6,14-16H2,1-5H3/b26-24-. The quantitative estimate of drug-likeness (QED) is 0.287. The highest BCUT2D eigenvalue weighted by molar-refractivity contribution is 6.46. The van der Waals surface area contributed by atoms with Crippen molar-refractivity contribution in [1.29, 1.82) is 0 Å². The van der Waals surface area contributed by atoms with Crippen LogP contribution in [0.4, 0.5) is 0 Å². The van der Waals surface area contributed by atoms with Crippen molar-refractivity contribution < 1.29 is 24.2 Å². The Balaban J connectivity index is 2.06. The van der Waals surface area contributed by atoms with E-state index in [9.17, 15) is 14.7 Å². The van der Waals surface area contributed by atoms with E-state index in [1.807, 2.05) is 45.0 Å². The maximum atomic E-state index is 13.2. The minimum Gasteiger partial charge on any atom is -0.507 e. The van der Waals surface area contributed by atoms with Gasteiger partial charge in [0.1, 0.15) is 11.5 Å². The molecule has 6 nitrogen and oxygen atoms in total. The summed E-state index contributed by atoms with van der Waals surface area (Å²) in [4.78, 5) is 27.7. The molecule has 1 aliphatic rings. The van der Waals surface area contributed by atoms with E-state index < -0.39 is 17.7 Å². The highest BCUT2D eigenvalue weighted by atomic mass is 16.5. The van der Waals surface area contributed by atoms with Crippen LogP contribution < -0.4 is 4.74 Å². The van der Waals surface area contributed by atoms with Crippen LogP contribution in [0.1, 0.15) is 69.7 Å². The summed E-state index contributed by atoms with van der Waals surface area (Å²) in [5, 5.41) is 11.3. The number of rotatable bonds is 10. The summed E-state index contributed by atoms with van der Waals surface area (Å²) < 4.78 is 11.3. The zero-order valence-electron chi connectivity index (χ0n) is 20.7. The maximum Gasteiger partial charge on any atom is 0.295 e. The van der Waals surface area contributed by atoms with Gasteiger partial charge in [0.2, 0.25) is 0 Å². The van der Waals surface area contributed by atoms with E-state index in [1.54, 1.807) is 24.3 Å². The average molecular weight is 466 g/mol. The molecule has 6 heteroatoms. The molecule has 1 heterocycles. The molecule has 0 bridgehead atoms. The summed E-state index contributed by atoms with van der Waals surface area (Å²) in [5.74, 6) is -0.579. The van der Waals surface area contributed by atoms with Crippen molar-refractivity contribution in [3.8, 4) is 5.75 Å². The Labute approximate surface area is 202 Å². The molecular weight excluding hydrogens is 430 g/mol. The summed E-state index contributed by atoms with van der Waals surface area (Å²) in [7, 11) is 0. The zero-order valence-corrected chi connectivity index (χ0v) is 20.7. The molecule has 1 aliphatic heterocycles. The first-order valence-electron chi connectivity index (χ1n) is 12.0. The van der Waals surface area contributed by atoms with Crippen molar-refractivity contribution in [2.45, 2.75) is 59.1 Å². The fourth-order valence-corrected chi connectivity index (χ4v) is 4.02. The second-order valence-corrected chi connectivity index (χ2v) is 9.11. The second kappa shape index (κ2) is 11.3. The van der Waals surface area contributed by atoms with E-state index in [0.717, 1.165) is 17.5 Å². The minimum atomic E-state index is -0.697. The van der Waals surface area contributed by atoms with Crippen LogP contribution in [0.25, 0.3) is 5.76 Å². The lowest BCUT2D eigenvalue weighted by atomic mass is 9.93. The average Bonchev–Trinajstić information content (AvgIpc) is 3.07. The summed E-state index contributed by atoms with van der Waals surface area (Å²) in [6.45, 7) is 11.2. The number of carbonyl (C=O) groups is 2. The molecule has 3 rings (SSSR count). The van der Waals surface area contributed by atoms with Crippen molar-refractivity contribution in [1.82, 2.24) is 4.90 Å². The van der Waals surface area contributed by atoms with Gasteiger partial charge in [0, 0.05) is 12.1 Å². The zero-order chi connectivity index (χ0) is 24.8.